The average Bonchev–Trinajstić information content (AvgIpc) is 2.68. The maximum absolute atomic E-state index is 12.2. The van der Waals surface area contributed by atoms with Gasteiger partial charge in [-0.3, -0.25) is 14.5 Å². The summed E-state index contributed by atoms with van der Waals surface area (Å²) in [6.45, 7) is 3.83. The second kappa shape index (κ2) is 4.05. The normalized spacial score (nSPS) is 13.9. The molecule has 1 amide bonds. The van der Waals surface area contributed by atoms with Gasteiger partial charge in [0.05, 0.1) is 11.3 Å². The zero-order chi connectivity index (χ0) is 13.6. The fraction of sp³-hybridized carbons (Fsp3) is 0.125. The monoisotopic (exact) mass is 251 g/mol. The third-order valence-corrected chi connectivity index (χ3v) is 3.59. The molecule has 0 saturated carbocycles. The molecule has 0 radical (unpaired) electrons. The third-order valence-electron chi connectivity index (χ3n) is 3.59. The van der Waals surface area contributed by atoms with Crippen LogP contribution in [0.4, 0.5) is 11.4 Å². The Hall–Kier alpha value is -2.42. The minimum atomic E-state index is -0.477. The maximum atomic E-state index is 12.2. The van der Waals surface area contributed by atoms with Crippen molar-refractivity contribution in [2.75, 3.05) is 4.90 Å². The van der Waals surface area contributed by atoms with Gasteiger partial charge in [0, 0.05) is 5.69 Å². The lowest BCUT2D eigenvalue weighted by Gasteiger charge is -2.17. The van der Waals surface area contributed by atoms with Crippen molar-refractivity contribution in [2.45, 2.75) is 13.8 Å². The summed E-state index contributed by atoms with van der Waals surface area (Å²) >= 11 is 0. The molecule has 1 aliphatic rings. The number of benzene rings is 2. The molecule has 1 aliphatic heterocycles. The number of hydrogen-bond donors (Lipinski definition) is 0. The molecule has 1 heterocycles. The Morgan fingerprint density at radius 1 is 0.895 bits per heavy atom. The third kappa shape index (κ3) is 1.58. The lowest BCUT2D eigenvalue weighted by atomic mass is 10.0. The topological polar surface area (TPSA) is 37.4 Å². The molecule has 0 N–H and O–H groups in total. The Labute approximate surface area is 111 Å². The highest BCUT2D eigenvalue weighted by Gasteiger charge is 2.38. The summed E-state index contributed by atoms with van der Waals surface area (Å²) in [5.41, 5.74) is 3.85. The lowest BCUT2D eigenvalue weighted by molar-refractivity contribution is -0.113. The molecule has 2 aromatic carbocycles. The van der Waals surface area contributed by atoms with Crippen LogP contribution in [0.1, 0.15) is 21.5 Å². The van der Waals surface area contributed by atoms with Gasteiger partial charge < -0.3 is 0 Å². The largest absolute Gasteiger partial charge is 0.304 e. The summed E-state index contributed by atoms with van der Waals surface area (Å²) in [5.74, 6) is -0.894. The van der Waals surface area contributed by atoms with Crippen molar-refractivity contribution in [1.82, 2.24) is 0 Å². The van der Waals surface area contributed by atoms with Gasteiger partial charge in [0.1, 0.15) is 0 Å². The van der Waals surface area contributed by atoms with E-state index in [9.17, 15) is 9.59 Å². The average molecular weight is 251 g/mol. The van der Waals surface area contributed by atoms with Gasteiger partial charge >= 0.3 is 5.91 Å². The van der Waals surface area contributed by atoms with Crippen molar-refractivity contribution in [1.29, 1.82) is 0 Å². The van der Waals surface area contributed by atoms with Gasteiger partial charge in [-0.2, -0.15) is 0 Å². The zero-order valence-electron chi connectivity index (χ0n) is 10.8. The Morgan fingerprint density at radius 2 is 1.58 bits per heavy atom. The van der Waals surface area contributed by atoms with E-state index in [2.05, 4.69) is 0 Å². The van der Waals surface area contributed by atoms with E-state index in [1.165, 1.54) is 4.90 Å². The number of amides is 1. The molecule has 0 unspecified atom stereocenters. The van der Waals surface area contributed by atoms with Crippen LogP contribution in [-0.4, -0.2) is 11.7 Å². The second-order valence-electron chi connectivity index (χ2n) is 4.71. The van der Waals surface area contributed by atoms with Gasteiger partial charge in [-0.05, 0) is 43.2 Å². The number of aryl methyl sites for hydroxylation is 1. The zero-order valence-corrected chi connectivity index (χ0v) is 10.8. The summed E-state index contributed by atoms with van der Waals surface area (Å²) in [4.78, 5) is 25.9. The molecule has 3 rings (SSSR count). The highest BCUT2D eigenvalue weighted by atomic mass is 16.2. The number of ketones is 1. The standard InChI is InChI=1S/C16H13NO2/c1-10-8-9-13-14(11(10)2)15(18)16(19)17(13)12-6-4-3-5-7-12/h3-9H,1-2H3. The highest BCUT2D eigenvalue weighted by molar-refractivity contribution is 6.54. The van der Waals surface area contributed by atoms with E-state index in [4.69, 9.17) is 0 Å². The van der Waals surface area contributed by atoms with Gasteiger partial charge in [0.15, 0.2) is 0 Å². The fourth-order valence-electron chi connectivity index (χ4n) is 2.43. The number of Topliss-reactive ketones (excluding diaryl/α,β-unsaturated/α-hetero) is 1. The van der Waals surface area contributed by atoms with E-state index in [1.807, 2.05) is 56.3 Å². The van der Waals surface area contributed by atoms with Gasteiger partial charge in [-0.25, -0.2) is 0 Å². The Kier molecular flexibility index (Phi) is 2.49. The number of carbonyl (C=O) groups excluding carboxylic acids is 2. The van der Waals surface area contributed by atoms with Gasteiger partial charge in [-0.1, -0.05) is 24.3 Å². The van der Waals surface area contributed by atoms with Crippen LogP contribution in [0.5, 0.6) is 0 Å². The van der Waals surface area contributed by atoms with E-state index in [1.54, 1.807) is 0 Å². The number of hydrogen-bond acceptors (Lipinski definition) is 2. The molecular weight excluding hydrogens is 238 g/mol. The molecule has 2 aromatic rings. The Balaban J connectivity index is 2.25. The molecule has 3 nitrogen and oxygen atoms in total. The van der Waals surface area contributed by atoms with Gasteiger partial charge in [0.25, 0.3) is 5.78 Å². The Bertz CT molecular complexity index is 689. The predicted octanol–water partition coefficient (Wildman–Crippen LogP) is 3.16. The first-order valence-corrected chi connectivity index (χ1v) is 6.15. The SMILES string of the molecule is Cc1ccc2c(c1C)C(=O)C(=O)N2c1ccccc1. The van der Waals surface area contributed by atoms with Crippen LogP contribution in [0.25, 0.3) is 0 Å². The first kappa shape index (κ1) is 11.7. The number of carbonyl (C=O) groups is 2. The highest BCUT2D eigenvalue weighted by Crippen LogP contribution is 2.37. The van der Waals surface area contributed by atoms with Crippen molar-refractivity contribution >= 4 is 23.1 Å². The number of anilines is 2. The van der Waals surface area contributed by atoms with E-state index in [0.717, 1.165) is 16.8 Å². The lowest BCUT2D eigenvalue weighted by Crippen LogP contribution is -2.24. The predicted molar refractivity (Wildman–Crippen MR) is 73.8 cm³/mol. The molecule has 0 aliphatic carbocycles. The van der Waals surface area contributed by atoms with E-state index in [0.29, 0.717) is 11.3 Å². The van der Waals surface area contributed by atoms with Crippen molar-refractivity contribution in [3.05, 3.63) is 59.2 Å². The van der Waals surface area contributed by atoms with Gasteiger partial charge in [0.2, 0.25) is 0 Å². The van der Waals surface area contributed by atoms with Crippen LogP contribution in [0.15, 0.2) is 42.5 Å². The molecule has 19 heavy (non-hydrogen) atoms. The molecule has 0 atom stereocenters. The summed E-state index contributed by atoms with van der Waals surface area (Å²) < 4.78 is 0. The van der Waals surface area contributed by atoms with Crippen LogP contribution >= 0.6 is 0 Å². The Morgan fingerprint density at radius 3 is 2.26 bits per heavy atom. The van der Waals surface area contributed by atoms with Crippen LogP contribution in [0, 0.1) is 13.8 Å². The van der Waals surface area contributed by atoms with E-state index in [-0.39, 0.29) is 0 Å². The molecule has 0 aromatic heterocycles. The molecule has 0 spiro atoms. The minimum absolute atomic E-state index is 0.417. The van der Waals surface area contributed by atoms with Crippen molar-refractivity contribution in [3.8, 4) is 0 Å². The number of rotatable bonds is 1. The quantitative estimate of drug-likeness (QED) is 0.730. The van der Waals surface area contributed by atoms with E-state index >= 15 is 0 Å². The first-order chi connectivity index (χ1) is 9.11. The van der Waals surface area contributed by atoms with Crippen molar-refractivity contribution in [3.63, 3.8) is 0 Å². The van der Waals surface area contributed by atoms with Crippen LogP contribution in [0.3, 0.4) is 0 Å². The summed E-state index contributed by atoms with van der Waals surface area (Å²) in [6.07, 6.45) is 0. The van der Waals surface area contributed by atoms with Crippen LogP contribution in [0.2, 0.25) is 0 Å². The minimum Gasteiger partial charge on any atom is -0.283 e. The maximum Gasteiger partial charge on any atom is 0.304 e. The second-order valence-corrected chi connectivity index (χ2v) is 4.71. The summed E-state index contributed by atoms with van der Waals surface area (Å²) in [5, 5.41) is 0. The molecule has 0 bridgehead atoms. The molecule has 94 valence electrons. The number of nitrogens with zero attached hydrogens (tertiary/aromatic N) is 1. The summed E-state index contributed by atoms with van der Waals surface area (Å²) in [7, 11) is 0. The summed E-state index contributed by atoms with van der Waals surface area (Å²) in [6, 6.07) is 13.0. The molecule has 0 saturated heterocycles. The smallest absolute Gasteiger partial charge is 0.283 e. The van der Waals surface area contributed by atoms with E-state index < -0.39 is 11.7 Å². The van der Waals surface area contributed by atoms with Crippen molar-refractivity contribution < 1.29 is 9.59 Å². The number of fused-ring (bicyclic) bond motifs is 1. The first-order valence-electron chi connectivity index (χ1n) is 6.15. The fourth-order valence-corrected chi connectivity index (χ4v) is 2.43. The van der Waals surface area contributed by atoms with Crippen LogP contribution < -0.4 is 4.90 Å². The number of para-hydroxylation sites is 1. The molecular formula is C16H13NO2. The van der Waals surface area contributed by atoms with Crippen molar-refractivity contribution in [2.24, 2.45) is 0 Å². The van der Waals surface area contributed by atoms with Crippen LogP contribution in [-0.2, 0) is 4.79 Å². The molecule has 3 heteroatoms. The van der Waals surface area contributed by atoms with Gasteiger partial charge in [-0.15, -0.1) is 0 Å². The molecule has 0 fully saturated rings.